The predicted octanol–water partition coefficient (Wildman–Crippen LogP) is 0.948. The largest absolute Gasteiger partial charge is 0.480 e. The molecule has 1 rings (SSSR count). The highest BCUT2D eigenvalue weighted by Crippen LogP contribution is 2.09. The summed E-state index contributed by atoms with van der Waals surface area (Å²) in [6.07, 6.45) is -0.129. The number of carbonyl (C=O) groups is 2. The highest BCUT2D eigenvalue weighted by Gasteiger charge is 2.29. The minimum absolute atomic E-state index is 0.129. The molecule has 0 aromatic heterocycles. The first-order chi connectivity index (χ1) is 7.52. The van der Waals surface area contributed by atoms with Crippen molar-refractivity contribution in [2.24, 2.45) is 5.73 Å². The third-order valence-corrected chi connectivity index (χ3v) is 2.04. The molecule has 0 aliphatic carbocycles. The molecule has 0 bridgehead atoms. The number of hydrogen-bond donors (Lipinski definition) is 2. The average molecular weight is 226 g/mol. The van der Waals surface area contributed by atoms with Gasteiger partial charge in [-0.05, 0) is 5.56 Å². The Morgan fingerprint density at radius 2 is 1.94 bits per heavy atom. The highest BCUT2D eigenvalue weighted by molar-refractivity contribution is 5.81. The number of carboxylic acid groups (broad SMARTS) is 1. The maximum absolute atomic E-state index is 13.1. The first kappa shape index (κ1) is 12.0. The average Bonchev–Trinajstić information content (AvgIpc) is 2.26. The van der Waals surface area contributed by atoms with Crippen LogP contribution in [0.5, 0.6) is 0 Å². The van der Waals surface area contributed by atoms with Crippen molar-refractivity contribution >= 4 is 12.0 Å². The molecule has 1 aromatic carbocycles. The number of nitrogens with zero attached hydrogens (tertiary/aromatic N) is 1. The Bertz CT molecular complexity index is 383. The number of benzene rings is 1. The van der Waals surface area contributed by atoms with Crippen molar-refractivity contribution in [2.45, 2.75) is 12.5 Å². The van der Waals surface area contributed by atoms with Crippen LogP contribution in [0.1, 0.15) is 5.56 Å². The van der Waals surface area contributed by atoms with Gasteiger partial charge in [0.15, 0.2) is 6.04 Å². The lowest BCUT2D eigenvalue weighted by molar-refractivity contribution is -0.147. The van der Waals surface area contributed by atoms with E-state index in [0.717, 1.165) is 0 Å². The standard InChI is InChI=1S/C10H11FN2O3/c11-13(10(12)16)8(9(14)15)6-7-4-2-1-3-5-7/h1-5,8H,6H2,(H2,12,16)(H,14,15)/t8-/m1/s1. The van der Waals surface area contributed by atoms with Gasteiger partial charge in [-0.3, -0.25) is 0 Å². The van der Waals surface area contributed by atoms with E-state index < -0.39 is 23.2 Å². The zero-order chi connectivity index (χ0) is 12.1. The van der Waals surface area contributed by atoms with Gasteiger partial charge in [-0.25, -0.2) is 9.59 Å². The molecule has 0 spiro atoms. The van der Waals surface area contributed by atoms with Crippen LogP contribution in [0.4, 0.5) is 9.28 Å². The first-order valence-electron chi connectivity index (χ1n) is 4.53. The molecule has 1 atom stereocenters. The molecule has 0 unspecified atom stereocenters. The van der Waals surface area contributed by atoms with Gasteiger partial charge in [0.05, 0.1) is 0 Å². The van der Waals surface area contributed by atoms with Crippen LogP contribution in [0.3, 0.4) is 0 Å². The maximum atomic E-state index is 13.1. The van der Waals surface area contributed by atoms with Gasteiger partial charge in [0, 0.05) is 6.42 Å². The van der Waals surface area contributed by atoms with Crippen LogP contribution in [0.25, 0.3) is 0 Å². The van der Waals surface area contributed by atoms with Crippen molar-refractivity contribution in [1.29, 1.82) is 0 Å². The molecule has 0 aliphatic rings. The van der Waals surface area contributed by atoms with Crippen LogP contribution in [-0.4, -0.2) is 28.3 Å². The number of urea groups is 1. The molecule has 3 N–H and O–H groups in total. The summed E-state index contributed by atoms with van der Waals surface area (Å²) >= 11 is 0. The normalized spacial score (nSPS) is 11.8. The van der Waals surface area contributed by atoms with E-state index in [1.165, 1.54) is 0 Å². The van der Waals surface area contributed by atoms with Crippen LogP contribution in [0, 0.1) is 0 Å². The molecule has 0 saturated carbocycles. The van der Waals surface area contributed by atoms with Gasteiger partial charge in [-0.15, -0.1) is 5.12 Å². The summed E-state index contributed by atoms with van der Waals surface area (Å²) in [5.74, 6) is -1.44. The van der Waals surface area contributed by atoms with E-state index in [-0.39, 0.29) is 6.42 Å². The number of nitrogens with two attached hydrogens (primary N) is 1. The quantitative estimate of drug-likeness (QED) is 0.749. The molecular formula is C10H11FN2O3. The molecule has 0 heterocycles. The van der Waals surface area contributed by atoms with Gasteiger partial charge in [-0.2, -0.15) is 0 Å². The van der Waals surface area contributed by atoms with Gasteiger partial charge < -0.3 is 10.8 Å². The Kier molecular flexibility index (Phi) is 3.82. The van der Waals surface area contributed by atoms with Gasteiger partial charge in [-0.1, -0.05) is 34.8 Å². The summed E-state index contributed by atoms with van der Waals surface area (Å²) in [6, 6.07) is 5.42. The van der Waals surface area contributed by atoms with Crippen LogP contribution in [0.15, 0.2) is 30.3 Å². The van der Waals surface area contributed by atoms with Crippen LogP contribution >= 0.6 is 0 Å². The number of amides is 2. The monoisotopic (exact) mass is 226 g/mol. The van der Waals surface area contributed by atoms with Gasteiger partial charge >= 0.3 is 12.0 Å². The third-order valence-electron chi connectivity index (χ3n) is 2.04. The lowest BCUT2D eigenvalue weighted by Crippen LogP contribution is -2.43. The SMILES string of the molecule is NC(=O)N(F)[C@H](Cc1ccccc1)C(=O)O. The van der Waals surface area contributed by atoms with Gasteiger partial charge in [0.1, 0.15) is 0 Å². The molecule has 2 amide bonds. The molecule has 5 nitrogen and oxygen atoms in total. The summed E-state index contributed by atoms with van der Waals surface area (Å²) < 4.78 is 13.1. The second-order valence-corrected chi connectivity index (χ2v) is 3.19. The second kappa shape index (κ2) is 5.11. The van der Waals surface area contributed by atoms with Crippen molar-refractivity contribution in [3.63, 3.8) is 0 Å². The summed E-state index contributed by atoms with van der Waals surface area (Å²) in [5, 5.41) is 8.29. The fourth-order valence-electron chi connectivity index (χ4n) is 1.26. The van der Waals surface area contributed by atoms with Gasteiger partial charge in [0.25, 0.3) is 0 Å². The molecule has 0 aliphatic heterocycles. The Hall–Kier alpha value is -2.11. The van der Waals surface area contributed by atoms with E-state index in [9.17, 15) is 14.1 Å². The fraction of sp³-hybridized carbons (Fsp3) is 0.200. The molecule has 16 heavy (non-hydrogen) atoms. The number of rotatable bonds is 4. The van der Waals surface area contributed by atoms with Crippen molar-refractivity contribution in [1.82, 2.24) is 5.12 Å². The molecular weight excluding hydrogens is 215 g/mol. The van der Waals surface area contributed by atoms with Crippen LogP contribution in [-0.2, 0) is 11.2 Å². The molecule has 0 fully saturated rings. The zero-order valence-electron chi connectivity index (χ0n) is 8.34. The molecule has 0 radical (unpaired) electrons. The summed E-state index contributed by atoms with van der Waals surface area (Å²) in [6.45, 7) is 0. The maximum Gasteiger partial charge on any atom is 0.343 e. The molecule has 6 heteroatoms. The number of carboxylic acids is 1. The van der Waals surface area contributed by atoms with Crippen molar-refractivity contribution in [3.8, 4) is 0 Å². The third kappa shape index (κ3) is 2.94. The number of aliphatic carboxylic acids is 1. The minimum Gasteiger partial charge on any atom is -0.480 e. The van der Waals surface area contributed by atoms with E-state index >= 15 is 0 Å². The number of hydrogen-bond acceptors (Lipinski definition) is 2. The fourth-order valence-corrected chi connectivity index (χ4v) is 1.26. The Morgan fingerprint density at radius 3 is 2.38 bits per heavy atom. The van der Waals surface area contributed by atoms with Crippen molar-refractivity contribution in [2.75, 3.05) is 0 Å². The molecule has 1 aromatic rings. The second-order valence-electron chi connectivity index (χ2n) is 3.19. The number of primary amides is 1. The summed E-state index contributed by atoms with van der Waals surface area (Å²) in [4.78, 5) is 21.3. The van der Waals surface area contributed by atoms with Gasteiger partial charge in [0.2, 0.25) is 0 Å². The Morgan fingerprint density at radius 1 is 1.38 bits per heavy atom. The molecule has 86 valence electrons. The van der Waals surface area contributed by atoms with E-state index in [0.29, 0.717) is 5.56 Å². The predicted molar refractivity (Wildman–Crippen MR) is 54.1 cm³/mol. The Labute approximate surface area is 91.2 Å². The number of carbonyl (C=O) groups excluding carboxylic acids is 1. The van der Waals surface area contributed by atoms with Crippen molar-refractivity contribution in [3.05, 3.63) is 35.9 Å². The lowest BCUT2D eigenvalue weighted by Gasteiger charge is -2.17. The lowest BCUT2D eigenvalue weighted by atomic mass is 10.1. The zero-order valence-corrected chi connectivity index (χ0v) is 8.34. The van der Waals surface area contributed by atoms with E-state index in [1.54, 1.807) is 30.3 Å². The van der Waals surface area contributed by atoms with Crippen LogP contribution < -0.4 is 5.73 Å². The van der Waals surface area contributed by atoms with Crippen LogP contribution in [0.2, 0.25) is 0 Å². The van der Waals surface area contributed by atoms with E-state index in [1.807, 2.05) is 0 Å². The van der Waals surface area contributed by atoms with E-state index in [4.69, 9.17) is 5.11 Å². The summed E-state index contributed by atoms with van der Waals surface area (Å²) in [5.41, 5.74) is 5.29. The molecule has 0 saturated heterocycles. The van der Waals surface area contributed by atoms with Crippen molar-refractivity contribution < 1.29 is 19.2 Å². The summed E-state index contributed by atoms with van der Waals surface area (Å²) in [7, 11) is 0. The highest BCUT2D eigenvalue weighted by atomic mass is 19.2. The Balaban J connectivity index is 2.81. The minimum atomic E-state index is -1.60. The first-order valence-corrected chi connectivity index (χ1v) is 4.53. The number of halogens is 1. The van der Waals surface area contributed by atoms with E-state index in [2.05, 4.69) is 5.73 Å². The topological polar surface area (TPSA) is 83.6 Å². The smallest absolute Gasteiger partial charge is 0.343 e.